The Morgan fingerprint density at radius 2 is 2.00 bits per heavy atom. The van der Waals surface area contributed by atoms with E-state index in [2.05, 4.69) is 30.3 Å². The molecule has 3 aliphatic carbocycles. The first-order valence-corrected chi connectivity index (χ1v) is 10.4. The fraction of sp³-hybridized carbons (Fsp3) is 0.727. The molecule has 2 saturated carbocycles. The monoisotopic (exact) mass is 356 g/mol. The average molecular weight is 357 g/mol. The quantitative estimate of drug-likeness (QED) is 0.776. The number of aromatic hydroxyl groups is 1. The van der Waals surface area contributed by atoms with Gasteiger partial charge in [0.15, 0.2) is 0 Å². The van der Waals surface area contributed by atoms with Crippen molar-refractivity contribution in [3.05, 3.63) is 29.3 Å². The molecule has 1 unspecified atom stereocenters. The van der Waals surface area contributed by atoms with Crippen molar-refractivity contribution >= 4 is 0 Å². The molecule has 1 heterocycles. The number of phenolic OH excluding ortho intramolecular Hbond substituents is 1. The smallest absolute Gasteiger partial charge is 0.115 e. The maximum Gasteiger partial charge on any atom is 0.115 e. The van der Waals surface area contributed by atoms with E-state index in [4.69, 9.17) is 0 Å². The molecule has 3 fully saturated rings. The van der Waals surface area contributed by atoms with Crippen LogP contribution in [0.1, 0.15) is 56.6 Å². The SMILES string of the molecule is CN1CC23Cc4ccc(O)cc4[C@@]2(C)[C@H](NCCC2(O)CCCCC2)[C@H]13. The molecular formula is C22H32N2O2. The number of piperidine rings is 1. The van der Waals surface area contributed by atoms with Gasteiger partial charge in [-0.1, -0.05) is 32.3 Å². The molecule has 1 spiro atoms. The van der Waals surface area contributed by atoms with Crippen molar-refractivity contribution in [2.45, 2.75) is 75.0 Å². The molecule has 0 bridgehead atoms. The number of likely N-dealkylation sites (tertiary alicyclic amines) is 1. The highest BCUT2D eigenvalue weighted by molar-refractivity contribution is 5.56. The van der Waals surface area contributed by atoms with Crippen LogP contribution >= 0.6 is 0 Å². The summed E-state index contributed by atoms with van der Waals surface area (Å²) in [6.45, 7) is 4.42. The van der Waals surface area contributed by atoms with E-state index in [1.54, 1.807) is 0 Å². The van der Waals surface area contributed by atoms with E-state index in [9.17, 15) is 10.2 Å². The molecule has 3 N–H and O–H groups in total. The van der Waals surface area contributed by atoms with Crippen molar-refractivity contribution in [3.63, 3.8) is 0 Å². The van der Waals surface area contributed by atoms with E-state index in [-0.39, 0.29) is 5.41 Å². The van der Waals surface area contributed by atoms with Gasteiger partial charge in [-0.05, 0) is 62.5 Å². The van der Waals surface area contributed by atoms with Crippen LogP contribution in [-0.2, 0) is 11.8 Å². The summed E-state index contributed by atoms with van der Waals surface area (Å²) in [4.78, 5) is 2.49. The number of aliphatic hydroxyl groups is 1. The molecule has 4 heteroatoms. The van der Waals surface area contributed by atoms with Gasteiger partial charge in [0.25, 0.3) is 0 Å². The number of hydrogen-bond donors (Lipinski definition) is 3. The third-order valence-corrected chi connectivity index (χ3v) is 8.44. The van der Waals surface area contributed by atoms with E-state index >= 15 is 0 Å². The third kappa shape index (κ3) is 2.01. The molecule has 4 nitrogen and oxygen atoms in total. The zero-order valence-corrected chi connectivity index (χ0v) is 16.1. The van der Waals surface area contributed by atoms with E-state index in [0.717, 1.165) is 38.8 Å². The third-order valence-electron chi connectivity index (χ3n) is 8.44. The minimum atomic E-state index is -0.454. The molecule has 0 aromatic heterocycles. The topological polar surface area (TPSA) is 55.7 Å². The molecule has 26 heavy (non-hydrogen) atoms. The van der Waals surface area contributed by atoms with Gasteiger partial charge in [0, 0.05) is 29.5 Å². The van der Waals surface area contributed by atoms with Gasteiger partial charge < -0.3 is 20.4 Å². The second-order valence-electron chi connectivity index (χ2n) is 9.70. The van der Waals surface area contributed by atoms with Gasteiger partial charge in [0.2, 0.25) is 0 Å². The van der Waals surface area contributed by atoms with Crippen LogP contribution in [0, 0.1) is 5.41 Å². The van der Waals surface area contributed by atoms with Crippen LogP contribution < -0.4 is 5.32 Å². The molecule has 5 rings (SSSR count). The van der Waals surface area contributed by atoms with Crippen molar-refractivity contribution in [3.8, 4) is 5.75 Å². The van der Waals surface area contributed by atoms with Crippen LogP contribution in [0.2, 0.25) is 0 Å². The minimum absolute atomic E-state index is 0.0907. The zero-order chi connectivity index (χ0) is 18.2. The number of nitrogens with zero attached hydrogens (tertiary/aromatic N) is 1. The molecular weight excluding hydrogens is 324 g/mol. The molecule has 142 valence electrons. The number of rotatable bonds is 4. The first-order chi connectivity index (χ1) is 12.4. The molecule has 0 amide bonds. The summed E-state index contributed by atoms with van der Waals surface area (Å²) in [6.07, 6.45) is 7.51. The lowest BCUT2D eigenvalue weighted by Gasteiger charge is -2.76. The molecule has 4 aliphatic rings. The Labute approximate surface area is 156 Å². The highest BCUT2D eigenvalue weighted by Crippen LogP contribution is 2.70. The maximum atomic E-state index is 10.8. The van der Waals surface area contributed by atoms with E-state index in [0.29, 0.717) is 23.2 Å². The lowest BCUT2D eigenvalue weighted by molar-refractivity contribution is -0.216. The predicted octanol–water partition coefficient (Wildman–Crippen LogP) is 2.56. The fourth-order valence-electron chi connectivity index (χ4n) is 7.08. The molecule has 4 atom stereocenters. The van der Waals surface area contributed by atoms with Crippen LogP contribution in [0.5, 0.6) is 5.75 Å². The summed E-state index contributed by atoms with van der Waals surface area (Å²) >= 11 is 0. The fourth-order valence-corrected chi connectivity index (χ4v) is 7.08. The highest BCUT2D eigenvalue weighted by atomic mass is 16.3. The van der Waals surface area contributed by atoms with Crippen molar-refractivity contribution in [2.24, 2.45) is 5.41 Å². The van der Waals surface area contributed by atoms with Gasteiger partial charge in [-0.15, -0.1) is 0 Å². The Hall–Kier alpha value is -1.10. The number of fused-ring (bicyclic) bond motifs is 2. The predicted molar refractivity (Wildman–Crippen MR) is 102 cm³/mol. The van der Waals surface area contributed by atoms with Crippen LogP contribution in [0.15, 0.2) is 18.2 Å². The van der Waals surface area contributed by atoms with Crippen molar-refractivity contribution in [1.29, 1.82) is 0 Å². The van der Waals surface area contributed by atoms with Crippen LogP contribution in [0.25, 0.3) is 0 Å². The Balaban J connectivity index is 1.35. The van der Waals surface area contributed by atoms with Gasteiger partial charge >= 0.3 is 0 Å². The highest BCUT2D eigenvalue weighted by Gasteiger charge is 2.78. The van der Waals surface area contributed by atoms with Gasteiger partial charge in [-0.25, -0.2) is 0 Å². The lowest BCUT2D eigenvalue weighted by Crippen LogP contribution is -2.89. The number of likely N-dealkylation sites (N-methyl/N-ethyl adjacent to an activating group) is 1. The van der Waals surface area contributed by atoms with Gasteiger partial charge in [0.05, 0.1) is 5.60 Å². The van der Waals surface area contributed by atoms with E-state index in [1.165, 1.54) is 30.4 Å². The maximum absolute atomic E-state index is 10.8. The van der Waals surface area contributed by atoms with E-state index in [1.807, 2.05) is 12.1 Å². The molecule has 1 aromatic carbocycles. The second kappa shape index (κ2) is 5.46. The second-order valence-corrected chi connectivity index (χ2v) is 9.70. The largest absolute Gasteiger partial charge is 0.508 e. The summed E-state index contributed by atoms with van der Waals surface area (Å²) in [5.74, 6) is 0.383. The molecule has 0 radical (unpaired) electrons. The Bertz CT molecular complexity index is 729. The normalized spacial score (nSPS) is 40.1. The molecule has 1 saturated heterocycles. The Morgan fingerprint density at radius 1 is 1.23 bits per heavy atom. The van der Waals surface area contributed by atoms with Gasteiger partial charge in [-0.3, -0.25) is 0 Å². The Morgan fingerprint density at radius 3 is 2.73 bits per heavy atom. The van der Waals surface area contributed by atoms with Crippen molar-refractivity contribution < 1.29 is 10.2 Å². The number of hydrogen-bond acceptors (Lipinski definition) is 4. The molecule has 1 aliphatic heterocycles. The lowest BCUT2D eigenvalue weighted by atomic mass is 9.40. The minimum Gasteiger partial charge on any atom is -0.508 e. The number of phenols is 1. The summed E-state index contributed by atoms with van der Waals surface area (Å²) in [5, 5.41) is 24.7. The van der Waals surface area contributed by atoms with Crippen LogP contribution in [-0.4, -0.2) is 52.9 Å². The van der Waals surface area contributed by atoms with Gasteiger partial charge in [0.1, 0.15) is 5.75 Å². The first-order valence-electron chi connectivity index (χ1n) is 10.4. The van der Waals surface area contributed by atoms with Crippen LogP contribution in [0.4, 0.5) is 0 Å². The molecule has 1 aromatic rings. The number of benzene rings is 1. The first kappa shape index (κ1) is 17.0. The summed E-state index contributed by atoms with van der Waals surface area (Å²) in [6, 6.07) is 6.93. The van der Waals surface area contributed by atoms with Crippen molar-refractivity contribution in [1.82, 2.24) is 10.2 Å². The zero-order valence-electron chi connectivity index (χ0n) is 16.1. The summed E-state index contributed by atoms with van der Waals surface area (Å²) in [5.41, 5.74) is 2.73. The van der Waals surface area contributed by atoms with Gasteiger partial charge in [-0.2, -0.15) is 0 Å². The van der Waals surface area contributed by atoms with Crippen LogP contribution in [0.3, 0.4) is 0 Å². The Kier molecular flexibility index (Phi) is 3.58. The number of nitrogens with one attached hydrogen (secondary N) is 1. The van der Waals surface area contributed by atoms with E-state index < -0.39 is 5.60 Å². The summed E-state index contributed by atoms with van der Waals surface area (Å²) in [7, 11) is 2.24. The summed E-state index contributed by atoms with van der Waals surface area (Å²) < 4.78 is 0. The van der Waals surface area contributed by atoms with Crippen molar-refractivity contribution in [2.75, 3.05) is 20.1 Å². The standard InChI is InChI=1S/C22H32N2O2/c1-20-17-12-16(25)7-6-15(17)13-22(20)14-24(2)19(22)18(20)23-11-10-21(26)8-4-3-5-9-21/h6-7,12,18-19,23,25-26H,3-5,8-11,13-14H2,1-2H3/t18-,19+,20+,22?/m1/s1. The average Bonchev–Trinajstić information content (AvgIpc) is 2.82.